The average molecular weight is 325 g/mol. The van der Waals surface area contributed by atoms with Crippen LogP contribution < -0.4 is 15.8 Å². The van der Waals surface area contributed by atoms with Crippen molar-refractivity contribution in [3.63, 3.8) is 0 Å². The van der Waals surface area contributed by atoms with E-state index in [1.807, 2.05) is 0 Å². The Hall–Kier alpha value is -1.09. The van der Waals surface area contributed by atoms with Gasteiger partial charge in [0.15, 0.2) is 0 Å². The van der Waals surface area contributed by atoms with Crippen LogP contribution in [0.1, 0.15) is 24.3 Å². The van der Waals surface area contributed by atoms with Crippen LogP contribution >= 0.6 is 12.4 Å². The van der Waals surface area contributed by atoms with Crippen LogP contribution in [-0.2, 0) is 17.1 Å². The number of carbonyl (C=O) groups excluding carboxylic acids is 1. The zero-order valence-electron chi connectivity index (χ0n) is 11.9. The van der Waals surface area contributed by atoms with Gasteiger partial charge in [0.05, 0.1) is 0 Å². The second-order valence-corrected chi connectivity index (χ2v) is 6.83. The molecule has 7 nitrogen and oxygen atoms in total. The maximum atomic E-state index is 12.0. The minimum atomic E-state index is -3.67. The molecule has 0 unspecified atom stereocenters. The largest absolute Gasteiger partial charge is 0.354 e. The molecule has 1 heterocycles. The van der Waals surface area contributed by atoms with Gasteiger partial charge in [0.25, 0.3) is 5.91 Å². The number of nitrogens with one attached hydrogen (secondary N) is 2. The Morgan fingerprint density at radius 2 is 2.00 bits per heavy atom. The van der Waals surface area contributed by atoms with Gasteiger partial charge in [-0.1, -0.05) is 0 Å². The van der Waals surface area contributed by atoms with E-state index < -0.39 is 15.6 Å². The quantitative estimate of drug-likeness (QED) is 0.698. The van der Waals surface area contributed by atoms with Crippen molar-refractivity contribution in [2.75, 3.05) is 13.6 Å². The monoisotopic (exact) mass is 324 g/mol. The van der Waals surface area contributed by atoms with Crippen molar-refractivity contribution in [2.45, 2.75) is 24.3 Å². The molecule has 0 aromatic carbocycles. The molecular formula is C11H21ClN4O3S. The molecule has 20 heavy (non-hydrogen) atoms. The predicted molar refractivity (Wildman–Crippen MR) is 79.5 cm³/mol. The summed E-state index contributed by atoms with van der Waals surface area (Å²) in [7, 11) is -0.575. The van der Waals surface area contributed by atoms with E-state index in [0.29, 0.717) is 0 Å². The average Bonchev–Trinajstić information content (AvgIpc) is 2.68. The first-order chi connectivity index (χ1) is 8.57. The number of nitrogens with zero attached hydrogens (tertiary/aromatic N) is 1. The molecule has 9 heteroatoms. The Morgan fingerprint density at radius 1 is 1.45 bits per heavy atom. The second kappa shape index (κ2) is 6.57. The number of carbonyl (C=O) groups is 1. The summed E-state index contributed by atoms with van der Waals surface area (Å²) in [6.45, 7) is 3.55. The summed E-state index contributed by atoms with van der Waals surface area (Å²) in [4.78, 5) is 11.6. The highest BCUT2D eigenvalue weighted by Gasteiger charge is 2.22. The molecule has 0 saturated heterocycles. The number of sulfonamides is 1. The van der Waals surface area contributed by atoms with Gasteiger partial charge in [-0.25, -0.2) is 13.1 Å². The van der Waals surface area contributed by atoms with E-state index in [0.717, 1.165) is 0 Å². The molecule has 1 amide bonds. The maximum Gasteiger partial charge on any atom is 0.267 e. The molecule has 0 aliphatic carbocycles. The summed E-state index contributed by atoms with van der Waals surface area (Å²) in [5.74, 6) is -0.344. The summed E-state index contributed by atoms with van der Waals surface area (Å²) < 4.78 is 28.0. The van der Waals surface area contributed by atoms with Crippen LogP contribution in [0.5, 0.6) is 0 Å². The Kier molecular flexibility index (Phi) is 6.22. The molecule has 1 aromatic heterocycles. The molecule has 0 radical (unpaired) electrons. The summed E-state index contributed by atoms with van der Waals surface area (Å²) in [6.07, 6.45) is 1.39. The van der Waals surface area contributed by atoms with E-state index in [9.17, 15) is 13.2 Å². The molecule has 0 atom stereocenters. The molecule has 0 aliphatic rings. The third kappa shape index (κ3) is 4.78. The molecule has 1 aromatic rings. The molecule has 4 N–H and O–H groups in total. The Balaban J connectivity index is 0.00000361. The lowest BCUT2D eigenvalue weighted by molar-refractivity contribution is 0.0955. The number of hydrogen-bond acceptors (Lipinski definition) is 4. The first-order valence-corrected chi connectivity index (χ1v) is 7.22. The number of aryl methyl sites for hydroxylation is 1. The Bertz CT molecular complexity index is 575. The molecule has 1 rings (SSSR count). The highest BCUT2D eigenvalue weighted by molar-refractivity contribution is 7.89. The SMILES string of the molecule is CNC(=O)c1cc(S(=O)(=O)NCC(C)(C)N)cn1C.Cl. The lowest BCUT2D eigenvalue weighted by Gasteiger charge is -2.18. The van der Waals surface area contributed by atoms with Crippen molar-refractivity contribution in [1.82, 2.24) is 14.6 Å². The van der Waals surface area contributed by atoms with Crippen LogP contribution in [0, 0.1) is 0 Å². The van der Waals surface area contributed by atoms with Crippen LogP contribution in [-0.4, -0.2) is 38.0 Å². The van der Waals surface area contributed by atoms with Crippen LogP contribution in [0.2, 0.25) is 0 Å². The second-order valence-electron chi connectivity index (χ2n) is 5.06. The van der Waals surface area contributed by atoms with Crippen molar-refractivity contribution in [1.29, 1.82) is 0 Å². The van der Waals surface area contributed by atoms with Gasteiger partial charge in [-0.2, -0.15) is 0 Å². The lowest BCUT2D eigenvalue weighted by Crippen LogP contribution is -2.44. The maximum absolute atomic E-state index is 12.0. The summed E-state index contributed by atoms with van der Waals surface area (Å²) in [5.41, 5.74) is 5.36. The van der Waals surface area contributed by atoms with E-state index >= 15 is 0 Å². The fourth-order valence-corrected chi connectivity index (χ4v) is 2.69. The van der Waals surface area contributed by atoms with E-state index in [4.69, 9.17) is 5.73 Å². The molecule has 0 spiro atoms. The van der Waals surface area contributed by atoms with Gasteiger partial charge in [-0.05, 0) is 19.9 Å². The van der Waals surface area contributed by atoms with Crippen LogP contribution in [0.15, 0.2) is 17.2 Å². The molecule has 0 fully saturated rings. The van der Waals surface area contributed by atoms with Crippen molar-refractivity contribution >= 4 is 28.3 Å². The zero-order chi connectivity index (χ0) is 14.8. The van der Waals surface area contributed by atoms with Crippen molar-refractivity contribution in [3.05, 3.63) is 18.0 Å². The Morgan fingerprint density at radius 3 is 2.45 bits per heavy atom. The van der Waals surface area contributed by atoms with Gasteiger partial charge in [-0.3, -0.25) is 4.79 Å². The topological polar surface area (TPSA) is 106 Å². The standard InChI is InChI=1S/C11H20N4O3S.ClH/c1-11(2,12)7-14-19(17,18)8-5-9(10(16)13-3)15(4)6-8;/h5-6,14H,7,12H2,1-4H3,(H,13,16);1H. The molecule has 0 bridgehead atoms. The number of amides is 1. The van der Waals surface area contributed by atoms with Gasteiger partial charge in [0.1, 0.15) is 10.6 Å². The third-order valence-corrected chi connectivity index (χ3v) is 3.84. The smallest absolute Gasteiger partial charge is 0.267 e. The number of nitrogens with two attached hydrogens (primary N) is 1. The third-order valence-electron chi connectivity index (χ3n) is 2.47. The number of hydrogen-bond donors (Lipinski definition) is 3. The first-order valence-electron chi connectivity index (χ1n) is 5.74. The molecule has 0 aliphatic heterocycles. The van der Waals surface area contributed by atoms with Crippen LogP contribution in [0.3, 0.4) is 0 Å². The fourth-order valence-electron chi connectivity index (χ4n) is 1.40. The van der Waals surface area contributed by atoms with Gasteiger partial charge < -0.3 is 15.6 Å². The van der Waals surface area contributed by atoms with E-state index in [1.54, 1.807) is 20.9 Å². The number of rotatable bonds is 5. The number of halogens is 1. The van der Waals surface area contributed by atoms with Gasteiger partial charge >= 0.3 is 0 Å². The van der Waals surface area contributed by atoms with Gasteiger partial charge in [0, 0.05) is 32.4 Å². The predicted octanol–water partition coefficient (Wildman–Crippen LogP) is -0.178. The van der Waals surface area contributed by atoms with Crippen LogP contribution in [0.25, 0.3) is 0 Å². The summed E-state index contributed by atoms with van der Waals surface area (Å²) >= 11 is 0. The van der Waals surface area contributed by atoms with E-state index in [1.165, 1.54) is 23.9 Å². The van der Waals surface area contributed by atoms with E-state index in [2.05, 4.69) is 10.0 Å². The highest BCUT2D eigenvalue weighted by atomic mass is 35.5. The van der Waals surface area contributed by atoms with Gasteiger partial charge in [0.2, 0.25) is 10.0 Å². The van der Waals surface area contributed by atoms with Crippen LogP contribution in [0.4, 0.5) is 0 Å². The normalized spacial score (nSPS) is 11.8. The van der Waals surface area contributed by atoms with Crippen molar-refractivity contribution in [3.8, 4) is 0 Å². The molecule has 0 saturated carbocycles. The zero-order valence-corrected chi connectivity index (χ0v) is 13.6. The minimum Gasteiger partial charge on any atom is -0.354 e. The fraction of sp³-hybridized carbons (Fsp3) is 0.545. The van der Waals surface area contributed by atoms with Gasteiger partial charge in [-0.15, -0.1) is 12.4 Å². The molecule has 116 valence electrons. The summed E-state index contributed by atoms with van der Waals surface area (Å²) in [6, 6.07) is 1.32. The minimum absolute atomic E-state index is 0. The number of aromatic nitrogens is 1. The Labute approximate surface area is 125 Å². The highest BCUT2D eigenvalue weighted by Crippen LogP contribution is 2.13. The summed E-state index contributed by atoms with van der Waals surface area (Å²) in [5, 5.41) is 2.45. The van der Waals surface area contributed by atoms with Crippen molar-refractivity contribution in [2.24, 2.45) is 12.8 Å². The molecular weight excluding hydrogens is 304 g/mol. The van der Waals surface area contributed by atoms with E-state index in [-0.39, 0.29) is 35.4 Å². The van der Waals surface area contributed by atoms with Crippen molar-refractivity contribution < 1.29 is 13.2 Å². The first kappa shape index (κ1) is 18.9. The lowest BCUT2D eigenvalue weighted by atomic mass is 10.1.